The average Bonchev–Trinajstić information content (AvgIpc) is 2.13. The molecule has 0 spiro atoms. The minimum Gasteiger partial charge on any atom is -0.507 e. The summed E-state index contributed by atoms with van der Waals surface area (Å²) in [6, 6.07) is 3.83. The number of rotatable bonds is 3. The fourth-order valence-electron chi connectivity index (χ4n) is 1.52. The highest BCUT2D eigenvalue weighted by Crippen LogP contribution is 2.26. The van der Waals surface area contributed by atoms with Crippen molar-refractivity contribution in [2.75, 3.05) is 0 Å². The van der Waals surface area contributed by atoms with Crippen LogP contribution in [-0.2, 0) is 0 Å². The Hall–Kier alpha value is -1.28. The van der Waals surface area contributed by atoms with Crippen LogP contribution < -0.4 is 5.73 Å². The summed E-state index contributed by atoms with van der Waals surface area (Å²) in [6.45, 7) is 7.42. The van der Waals surface area contributed by atoms with Gasteiger partial charge in [0, 0.05) is 6.04 Å². The predicted molar refractivity (Wildman–Crippen MR) is 59.3 cm³/mol. The second-order valence-electron chi connectivity index (χ2n) is 3.63. The maximum atomic E-state index is 9.58. The molecule has 1 unspecified atom stereocenters. The number of hydrogen-bond donors (Lipinski definition) is 2. The Labute approximate surface area is 85.1 Å². The van der Waals surface area contributed by atoms with Crippen molar-refractivity contribution in [3.63, 3.8) is 0 Å². The van der Waals surface area contributed by atoms with Crippen molar-refractivity contribution in [3.05, 3.63) is 41.5 Å². The fraction of sp³-hybridized carbons (Fsp3) is 0.333. The van der Waals surface area contributed by atoms with Gasteiger partial charge in [0.25, 0.3) is 0 Å². The molecule has 0 amide bonds. The van der Waals surface area contributed by atoms with Crippen LogP contribution in [0.5, 0.6) is 5.75 Å². The lowest BCUT2D eigenvalue weighted by Gasteiger charge is -2.13. The first-order valence-electron chi connectivity index (χ1n) is 4.73. The van der Waals surface area contributed by atoms with Gasteiger partial charge in [-0.2, -0.15) is 0 Å². The lowest BCUT2D eigenvalue weighted by atomic mass is 9.99. The van der Waals surface area contributed by atoms with Gasteiger partial charge >= 0.3 is 0 Å². The summed E-state index contributed by atoms with van der Waals surface area (Å²) in [4.78, 5) is 0. The number of phenols is 1. The van der Waals surface area contributed by atoms with E-state index in [1.165, 1.54) is 0 Å². The molecule has 2 nitrogen and oxygen atoms in total. The van der Waals surface area contributed by atoms with Crippen molar-refractivity contribution in [3.8, 4) is 5.75 Å². The minimum atomic E-state index is -0.0227. The molecule has 1 rings (SSSR count). The smallest absolute Gasteiger partial charge is 0.121 e. The van der Waals surface area contributed by atoms with Crippen LogP contribution in [0.25, 0.3) is 0 Å². The molecule has 0 aliphatic rings. The van der Waals surface area contributed by atoms with Gasteiger partial charge in [0.1, 0.15) is 5.75 Å². The first kappa shape index (κ1) is 10.8. The van der Waals surface area contributed by atoms with Crippen molar-refractivity contribution >= 4 is 0 Å². The maximum absolute atomic E-state index is 9.58. The van der Waals surface area contributed by atoms with Crippen molar-refractivity contribution in [1.29, 1.82) is 0 Å². The highest BCUT2D eigenvalue weighted by atomic mass is 16.3. The van der Waals surface area contributed by atoms with Gasteiger partial charge in [-0.1, -0.05) is 18.2 Å². The average molecular weight is 191 g/mol. The number of benzene rings is 1. The third-order valence-electron chi connectivity index (χ3n) is 2.36. The molecular weight excluding hydrogens is 174 g/mol. The SMILES string of the molecule is C=CCC(N)c1cc(C)c(O)c(C)c1. The van der Waals surface area contributed by atoms with Crippen LogP contribution in [0.1, 0.15) is 29.2 Å². The third kappa shape index (κ3) is 2.15. The van der Waals surface area contributed by atoms with Crippen molar-refractivity contribution < 1.29 is 5.11 Å². The van der Waals surface area contributed by atoms with E-state index in [0.29, 0.717) is 5.75 Å². The van der Waals surface area contributed by atoms with E-state index in [2.05, 4.69) is 6.58 Å². The molecule has 0 saturated carbocycles. The van der Waals surface area contributed by atoms with Gasteiger partial charge in [-0.3, -0.25) is 0 Å². The Kier molecular flexibility index (Phi) is 3.31. The maximum Gasteiger partial charge on any atom is 0.121 e. The van der Waals surface area contributed by atoms with E-state index < -0.39 is 0 Å². The Balaban J connectivity index is 3.05. The van der Waals surface area contributed by atoms with E-state index in [-0.39, 0.29) is 6.04 Å². The molecular formula is C12H17NO. The Morgan fingerprint density at radius 1 is 1.43 bits per heavy atom. The van der Waals surface area contributed by atoms with Gasteiger partial charge in [0.2, 0.25) is 0 Å². The number of aryl methyl sites for hydroxylation is 2. The zero-order chi connectivity index (χ0) is 10.7. The normalized spacial score (nSPS) is 12.5. The molecule has 0 aliphatic carbocycles. The number of aromatic hydroxyl groups is 1. The highest BCUT2D eigenvalue weighted by molar-refractivity contribution is 5.43. The van der Waals surface area contributed by atoms with Crippen LogP contribution in [0.15, 0.2) is 24.8 Å². The molecule has 76 valence electrons. The van der Waals surface area contributed by atoms with Gasteiger partial charge in [-0.05, 0) is 37.0 Å². The molecule has 1 aromatic carbocycles. The van der Waals surface area contributed by atoms with Crippen LogP contribution in [0.2, 0.25) is 0 Å². The van der Waals surface area contributed by atoms with Crippen molar-refractivity contribution in [1.82, 2.24) is 0 Å². The van der Waals surface area contributed by atoms with Crippen molar-refractivity contribution in [2.24, 2.45) is 5.73 Å². The second kappa shape index (κ2) is 4.29. The first-order chi connectivity index (χ1) is 6.56. The van der Waals surface area contributed by atoms with E-state index in [1.807, 2.05) is 32.1 Å². The van der Waals surface area contributed by atoms with Gasteiger partial charge in [-0.15, -0.1) is 6.58 Å². The number of hydrogen-bond acceptors (Lipinski definition) is 2. The summed E-state index contributed by atoms with van der Waals surface area (Å²) in [5, 5.41) is 9.58. The summed E-state index contributed by atoms with van der Waals surface area (Å²) in [5.74, 6) is 0.361. The molecule has 0 heterocycles. The molecule has 3 N–H and O–H groups in total. The van der Waals surface area contributed by atoms with E-state index in [0.717, 1.165) is 23.1 Å². The molecule has 14 heavy (non-hydrogen) atoms. The molecule has 0 saturated heterocycles. The Morgan fingerprint density at radius 2 is 1.93 bits per heavy atom. The summed E-state index contributed by atoms with van der Waals surface area (Å²) >= 11 is 0. The van der Waals surface area contributed by atoms with E-state index >= 15 is 0 Å². The van der Waals surface area contributed by atoms with E-state index in [9.17, 15) is 5.11 Å². The summed E-state index contributed by atoms with van der Waals surface area (Å²) < 4.78 is 0. The molecule has 0 radical (unpaired) electrons. The summed E-state index contributed by atoms with van der Waals surface area (Å²) in [7, 11) is 0. The van der Waals surface area contributed by atoms with Gasteiger partial charge in [0.05, 0.1) is 0 Å². The van der Waals surface area contributed by atoms with Crippen LogP contribution >= 0.6 is 0 Å². The monoisotopic (exact) mass is 191 g/mol. The molecule has 0 bridgehead atoms. The highest BCUT2D eigenvalue weighted by Gasteiger charge is 2.08. The summed E-state index contributed by atoms with van der Waals surface area (Å²) in [6.07, 6.45) is 2.56. The minimum absolute atomic E-state index is 0.0227. The predicted octanol–water partition coefficient (Wildman–Crippen LogP) is 2.58. The van der Waals surface area contributed by atoms with Gasteiger partial charge in [0.15, 0.2) is 0 Å². The molecule has 1 atom stereocenters. The quantitative estimate of drug-likeness (QED) is 0.721. The van der Waals surface area contributed by atoms with Crippen LogP contribution in [0, 0.1) is 13.8 Å². The van der Waals surface area contributed by atoms with E-state index in [1.54, 1.807) is 0 Å². The summed E-state index contributed by atoms with van der Waals surface area (Å²) in [5.41, 5.74) is 8.74. The molecule has 0 aliphatic heterocycles. The Morgan fingerprint density at radius 3 is 2.36 bits per heavy atom. The molecule has 2 heteroatoms. The molecule has 0 fully saturated rings. The third-order valence-corrected chi connectivity index (χ3v) is 2.36. The van der Waals surface area contributed by atoms with Crippen LogP contribution in [0.3, 0.4) is 0 Å². The van der Waals surface area contributed by atoms with Gasteiger partial charge in [-0.25, -0.2) is 0 Å². The fourth-order valence-corrected chi connectivity index (χ4v) is 1.52. The van der Waals surface area contributed by atoms with E-state index in [4.69, 9.17) is 5.73 Å². The number of nitrogens with two attached hydrogens (primary N) is 1. The molecule has 0 aromatic heterocycles. The Bertz CT molecular complexity index is 321. The van der Waals surface area contributed by atoms with Crippen LogP contribution in [0.4, 0.5) is 0 Å². The van der Waals surface area contributed by atoms with Crippen molar-refractivity contribution in [2.45, 2.75) is 26.3 Å². The molecule has 1 aromatic rings. The standard InChI is InChI=1S/C12H17NO/c1-4-5-11(13)10-6-8(2)12(14)9(3)7-10/h4,6-7,11,14H,1,5,13H2,2-3H3. The topological polar surface area (TPSA) is 46.2 Å². The lowest BCUT2D eigenvalue weighted by Crippen LogP contribution is -2.09. The second-order valence-corrected chi connectivity index (χ2v) is 3.63. The number of phenolic OH excluding ortho intramolecular Hbond substituents is 1. The van der Waals surface area contributed by atoms with Crippen LogP contribution in [-0.4, -0.2) is 5.11 Å². The largest absolute Gasteiger partial charge is 0.507 e. The zero-order valence-electron chi connectivity index (χ0n) is 8.75. The zero-order valence-corrected chi connectivity index (χ0v) is 8.75. The first-order valence-corrected chi connectivity index (χ1v) is 4.73. The van der Waals surface area contributed by atoms with Gasteiger partial charge < -0.3 is 10.8 Å². The lowest BCUT2D eigenvalue weighted by molar-refractivity contribution is 0.466.